The van der Waals surface area contributed by atoms with Crippen molar-refractivity contribution >= 4 is 17.3 Å². The van der Waals surface area contributed by atoms with Crippen molar-refractivity contribution in [2.45, 2.75) is 33.6 Å². The van der Waals surface area contributed by atoms with Gasteiger partial charge in [0.2, 0.25) is 5.78 Å². The summed E-state index contributed by atoms with van der Waals surface area (Å²) in [5.74, 6) is 0.243. The van der Waals surface area contributed by atoms with E-state index < -0.39 is 0 Å². The Hall–Kier alpha value is -2.16. The second-order valence-electron chi connectivity index (χ2n) is 5.40. The molecular weight excluding hydrogens is 250 g/mol. The van der Waals surface area contributed by atoms with Gasteiger partial charge in [-0.15, -0.1) is 0 Å². The van der Waals surface area contributed by atoms with Crippen LogP contribution in [0.5, 0.6) is 0 Å². The van der Waals surface area contributed by atoms with E-state index in [4.69, 9.17) is 0 Å². The summed E-state index contributed by atoms with van der Waals surface area (Å²) in [7, 11) is 0. The summed E-state index contributed by atoms with van der Waals surface area (Å²) in [6, 6.07) is 7.90. The van der Waals surface area contributed by atoms with Crippen molar-refractivity contribution in [2.75, 3.05) is 5.32 Å². The molecule has 0 saturated carbocycles. The number of Topliss-reactive ketones (excluding diaryl/α,β-unsaturated/α-hetero) is 1. The van der Waals surface area contributed by atoms with Crippen LogP contribution in [0.1, 0.15) is 39.2 Å². The van der Waals surface area contributed by atoms with Gasteiger partial charge in [0.15, 0.2) is 5.78 Å². The Labute approximate surface area is 119 Å². The van der Waals surface area contributed by atoms with Crippen LogP contribution in [0.3, 0.4) is 0 Å². The summed E-state index contributed by atoms with van der Waals surface area (Å²) in [6.45, 7) is 7.63. The minimum Gasteiger partial charge on any atom is -0.352 e. The van der Waals surface area contributed by atoms with Gasteiger partial charge in [-0.05, 0) is 37.5 Å². The van der Waals surface area contributed by atoms with Gasteiger partial charge in [0.05, 0.1) is 5.70 Å². The van der Waals surface area contributed by atoms with Gasteiger partial charge in [0, 0.05) is 22.9 Å². The molecule has 1 aromatic carbocycles. The lowest BCUT2D eigenvalue weighted by Gasteiger charge is -2.16. The number of carbonyl (C=O) groups excluding carboxylic acids is 2. The molecule has 104 valence electrons. The van der Waals surface area contributed by atoms with E-state index in [0.29, 0.717) is 22.8 Å². The summed E-state index contributed by atoms with van der Waals surface area (Å²) in [6.07, 6.45) is 1.38. The summed E-state index contributed by atoms with van der Waals surface area (Å²) in [5, 5.41) is 3.03. The number of allylic oxidation sites excluding steroid dienone is 3. The van der Waals surface area contributed by atoms with Gasteiger partial charge in [0.25, 0.3) is 0 Å². The maximum Gasteiger partial charge on any atom is 0.205 e. The summed E-state index contributed by atoms with van der Waals surface area (Å²) in [5.41, 5.74) is 3.43. The molecule has 1 aliphatic rings. The van der Waals surface area contributed by atoms with Crippen LogP contribution in [0.25, 0.3) is 0 Å². The largest absolute Gasteiger partial charge is 0.352 e. The number of hydrogen-bond acceptors (Lipinski definition) is 3. The van der Waals surface area contributed by atoms with Gasteiger partial charge in [-0.1, -0.05) is 26.0 Å². The highest BCUT2D eigenvalue weighted by molar-refractivity contribution is 6.23. The van der Waals surface area contributed by atoms with Crippen molar-refractivity contribution in [1.82, 2.24) is 0 Å². The van der Waals surface area contributed by atoms with Gasteiger partial charge in [0.1, 0.15) is 0 Å². The molecular formula is C17H19NO2. The molecule has 1 aliphatic carbocycles. The Balaban J connectivity index is 2.21. The van der Waals surface area contributed by atoms with Crippen LogP contribution in [-0.2, 0) is 9.59 Å². The summed E-state index contributed by atoms with van der Waals surface area (Å²) < 4.78 is 0. The highest BCUT2D eigenvalue weighted by Crippen LogP contribution is 2.22. The minimum atomic E-state index is -0.116. The molecule has 0 aromatic heterocycles. The summed E-state index contributed by atoms with van der Waals surface area (Å²) >= 11 is 0. The molecule has 0 spiro atoms. The van der Waals surface area contributed by atoms with Crippen LogP contribution in [0.15, 0.2) is 47.2 Å². The first-order valence-corrected chi connectivity index (χ1v) is 6.75. The van der Waals surface area contributed by atoms with Crippen LogP contribution < -0.4 is 5.32 Å². The topological polar surface area (TPSA) is 46.2 Å². The fourth-order valence-corrected chi connectivity index (χ4v) is 2.06. The van der Waals surface area contributed by atoms with Crippen LogP contribution in [0.4, 0.5) is 5.69 Å². The zero-order valence-electron chi connectivity index (χ0n) is 12.3. The maximum absolute atomic E-state index is 12.1. The molecule has 0 heterocycles. The number of nitrogens with one attached hydrogen (secondary N) is 1. The van der Waals surface area contributed by atoms with Gasteiger partial charge in [-0.2, -0.15) is 0 Å². The fourth-order valence-electron chi connectivity index (χ4n) is 2.06. The predicted octanol–water partition coefficient (Wildman–Crippen LogP) is 3.59. The SMILES string of the molecule is CC1=C(C)C(=O)C(Nc2ccc(C(C)C)cc2)=CC1=O. The van der Waals surface area contributed by atoms with E-state index >= 15 is 0 Å². The molecule has 3 heteroatoms. The van der Waals surface area contributed by atoms with E-state index in [1.54, 1.807) is 13.8 Å². The maximum atomic E-state index is 12.1. The number of benzene rings is 1. The van der Waals surface area contributed by atoms with E-state index in [1.807, 2.05) is 24.3 Å². The number of rotatable bonds is 3. The molecule has 0 radical (unpaired) electrons. The molecule has 0 fully saturated rings. The van der Waals surface area contributed by atoms with Crippen LogP contribution in [0.2, 0.25) is 0 Å². The van der Waals surface area contributed by atoms with Crippen LogP contribution >= 0.6 is 0 Å². The van der Waals surface area contributed by atoms with Crippen molar-refractivity contribution in [3.05, 3.63) is 52.7 Å². The lowest BCUT2D eigenvalue weighted by Crippen LogP contribution is -2.21. The van der Waals surface area contributed by atoms with E-state index in [1.165, 1.54) is 11.6 Å². The smallest absolute Gasteiger partial charge is 0.205 e. The molecule has 0 amide bonds. The molecule has 0 saturated heterocycles. The van der Waals surface area contributed by atoms with Crippen molar-refractivity contribution in [3.8, 4) is 0 Å². The van der Waals surface area contributed by atoms with E-state index in [9.17, 15) is 9.59 Å². The lowest BCUT2D eigenvalue weighted by atomic mass is 9.95. The minimum absolute atomic E-state index is 0.108. The standard InChI is InChI=1S/C17H19NO2/c1-10(2)13-5-7-14(8-6-13)18-15-9-16(19)11(3)12(4)17(15)20/h5-10,18H,1-4H3. The normalized spacial score (nSPS) is 15.8. The van der Waals surface area contributed by atoms with Gasteiger partial charge in [-0.3, -0.25) is 9.59 Å². The number of anilines is 1. The molecule has 1 N–H and O–H groups in total. The monoisotopic (exact) mass is 269 g/mol. The lowest BCUT2D eigenvalue weighted by molar-refractivity contribution is -0.115. The quantitative estimate of drug-likeness (QED) is 0.853. The second-order valence-corrected chi connectivity index (χ2v) is 5.40. The molecule has 0 aliphatic heterocycles. The third-order valence-electron chi connectivity index (χ3n) is 3.65. The van der Waals surface area contributed by atoms with E-state index in [2.05, 4.69) is 19.2 Å². The predicted molar refractivity (Wildman–Crippen MR) is 80.6 cm³/mol. The van der Waals surface area contributed by atoms with E-state index in [-0.39, 0.29) is 11.6 Å². The van der Waals surface area contributed by atoms with Crippen molar-refractivity contribution in [2.24, 2.45) is 0 Å². The Kier molecular flexibility index (Phi) is 3.89. The number of hydrogen-bond donors (Lipinski definition) is 1. The molecule has 20 heavy (non-hydrogen) atoms. The summed E-state index contributed by atoms with van der Waals surface area (Å²) in [4.78, 5) is 23.9. The van der Waals surface area contributed by atoms with Gasteiger partial charge < -0.3 is 5.32 Å². The Morgan fingerprint density at radius 1 is 0.950 bits per heavy atom. The third-order valence-corrected chi connectivity index (χ3v) is 3.65. The number of ketones is 2. The molecule has 3 nitrogen and oxygen atoms in total. The highest BCUT2D eigenvalue weighted by Gasteiger charge is 2.23. The zero-order chi connectivity index (χ0) is 14.9. The van der Waals surface area contributed by atoms with E-state index in [0.717, 1.165) is 5.69 Å². The third kappa shape index (κ3) is 2.72. The molecule has 0 atom stereocenters. The van der Waals surface area contributed by atoms with Crippen molar-refractivity contribution in [1.29, 1.82) is 0 Å². The Bertz CT molecular complexity index is 619. The first-order chi connectivity index (χ1) is 9.40. The Morgan fingerprint density at radius 2 is 1.55 bits per heavy atom. The van der Waals surface area contributed by atoms with Gasteiger partial charge in [-0.25, -0.2) is 0 Å². The van der Waals surface area contributed by atoms with Crippen molar-refractivity contribution < 1.29 is 9.59 Å². The van der Waals surface area contributed by atoms with Gasteiger partial charge >= 0.3 is 0 Å². The molecule has 1 aromatic rings. The van der Waals surface area contributed by atoms with Crippen molar-refractivity contribution in [3.63, 3.8) is 0 Å². The highest BCUT2D eigenvalue weighted by atomic mass is 16.1. The first-order valence-electron chi connectivity index (χ1n) is 6.75. The fraction of sp³-hybridized carbons (Fsp3) is 0.294. The molecule has 0 unspecified atom stereocenters. The average molecular weight is 269 g/mol. The zero-order valence-corrected chi connectivity index (χ0v) is 12.3. The molecule has 0 bridgehead atoms. The molecule has 2 rings (SSSR count). The van der Waals surface area contributed by atoms with Crippen LogP contribution in [-0.4, -0.2) is 11.6 Å². The average Bonchev–Trinajstić information content (AvgIpc) is 2.43. The number of carbonyl (C=O) groups is 2. The van der Waals surface area contributed by atoms with Crippen LogP contribution in [0, 0.1) is 0 Å². The Morgan fingerprint density at radius 3 is 2.10 bits per heavy atom. The second kappa shape index (κ2) is 5.45. The first kappa shape index (κ1) is 14.3.